The molecule has 1 N–H and O–H groups in total. The fourth-order valence-corrected chi connectivity index (χ4v) is 3.28. The van der Waals surface area contributed by atoms with Gasteiger partial charge < -0.3 is 4.98 Å². The fourth-order valence-electron chi connectivity index (χ4n) is 2.70. The Morgan fingerprint density at radius 3 is 2.65 bits per heavy atom. The van der Waals surface area contributed by atoms with Crippen LogP contribution in [0, 0.1) is 6.92 Å². The van der Waals surface area contributed by atoms with Crippen LogP contribution in [-0.4, -0.2) is 9.97 Å². The topological polar surface area (TPSA) is 28.7 Å². The average Bonchev–Trinajstić information content (AvgIpc) is 2.84. The molecule has 2 aromatic carbocycles. The van der Waals surface area contributed by atoms with E-state index in [-0.39, 0.29) is 0 Å². The largest absolute Gasteiger partial charge is 0.341 e. The van der Waals surface area contributed by atoms with E-state index in [1.54, 1.807) is 0 Å². The predicted molar refractivity (Wildman–Crippen MR) is 87.1 cm³/mol. The predicted octanol–water partition coefficient (Wildman–Crippen LogP) is 5.18. The SMILES string of the molecule is CCC(c1ccccc1)c1nc2c(C)cc(Br)cc2[nH]1. The zero-order valence-electron chi connectivity index (χ0n) is 11.7. The van der Waals surface area contributed by atoms with E-state index in [1.807, 2.05) is 0 Å². The van der Waals surface area contributed by atoms with E-state index in [1.165, 1.54) is 11.1 Å². The minimum Gasteiger partial charge on any atom is -0.341 e. The van der Waals surface area contributed by atoms with Gasteiger partial charge >= 0.3 is 0 Å². The van der Waals surface area contributed by atoms with Crippen LogP contribution >= 0.6 is 15.9 Å². The van der Waals surface area contributed by atoms with Gasteiger partial charge in [0.15, 0.2) is 0 Å². The number of nitrogens with zero attached hydrogens (tertiary/aromatic N) is 1. The zero-order chi connectivity index (χ0) is 14.1. The van der Waals surface area contributed by atoms with Crippen LogP contribution in [0.25, 0.3) is 11.0 Å². The number of aromatic amines is 1. The van der Waals surface area contributed by atoms with Crippen LogP contribution < -0.4 is 0 Å². The number of halogens is 1. The highest BCUT2D eigenvalue weighted by Gasteiger charge is 2.16. The van der Waals surface area contributed by atoms with Gasteiger partial charge in [-0.2, -0.15) is 0 Å². The number of benzene rings is 2. The van der Waals surface area contributed by atoms with E-state index in [4.69, 9.17) is 4.98 Å². The summed E-state index contributed by atoms with van der Waals surface area (Å²) in [5, 5.41) is 0. The van der Waals surface area contributed by atoms with Crippen molar-refractivity contribution in [2.24, 2.45) is 0 Å². The average molecular weight is 329 g/mol. The van der Waals surface area contributed by atoms with Gasteiger partial charge in [0.1, 0.15) is 5.82 Å². The van der Waals surface area contributed by atoms with E-state index < -0.39 is 0 Å². The smallest absolute Gasteiger partial charge is 0.114 e. The summed E-state index contributed by atoms with van der Waals surface area (Å²) in [5.41, 5.74) is 4.67. The molecule has 1 heterocycles. The van der Waals surface area contributed by atoms with Crippen molar-refractivity contribution in [3.05, 3.63) is 63.9 Å². The first-order chi connectivity index (χ1) is 9.69. The van der Waals surface area contributed by atoms with Crippen molar-refractivity contribution in [3.63, 3.8) is 0 Å². The van der Waals surface area contributed by atoms with Gasteiger partial charge in [-0.15, -0.1) is 0 Å². The van der Waals surface area contributed by atoms with Gasteiger partial charge in [0.05, 0.1) is 11.0 Å². The van der Waals surface area contributed by atoms with E-state index in [0.717, 1.165) is 27.8 Å². The molecule has 2 nitrogen and oxygen atoms in total. The molecule has 3 aromatic rings. The summed E-state index contributed by atoms with van der Waals surface area (Å²) in [4.78, 5) is 8.31. The summed E-state index contributed by atoms with van der Waals surface area (Å²) in [5.74, 6) is 1.37. The summed E-state index contributed by atoms with van der Waals surface area (Å²) in [7, 11) is 0. The number of nitrogens with one attached hydrogen (secondary N) is 1. The minimum absolute atomic E-state index is 0.321. The lowest BCUT2D eigenvalue weighted by molar-refractivity contribution is 0.732. The summed E-state index contributed by atoms with van der Waals surface area (Å²) in [6.07, 6.45) is 1.03. The Morgan fingerprint density at radius 1 is 1.20 bits per heavy atom. The van der Waals surface area contributed by atoms with E-state index in [9.17, 15) is 0 Å². The number of hydrogen-bond donors (Lipinski definition) is 1. The van der Waals surface area contributed by atoms with E-state index in [0.29, 0.717) is 5.92 Å². The van der Waals surface area contributed by atoms with Gasteiger partial charge in [-0.3, -0.25) is 0 Å². The molecule has 0 aliphatic heterocycles. The van der Waals surface area contributed by atoms with Crippen molar-refractivity contribution >= 4 is 27.0 Å². The van der Waals surface area contributed by atoms with Crippen LogP contribution in [0.1, 0.15) is 36.2 Å². The highest BCUT2D eigenvalue weighted by atomic mass is 79.9. The number of H-pyrrole nitrogens is 1. The molecule has 0 radical (unpaired) electrons. The van der Waals surface area contributed by atoms with Crippen molar-refractivity contribution in [3.8, 4) is 0 Å². The normalized spacial score (nSPS) is 12.8. The number of rotatable bonds is 3. The number of aryl methyl sites for hydroxylation is 1. The van der Waals surface area contributed by atoms with Crippen molar-refractivity contribution in [2.75, 3.05) is 0 Å². The second-order valence-electron chi connectivity index (χ2n) is 5.11. The van der Waals surface area contributed by atoms with Crippen LogP contribution in [0.15, 0.2) is 46.9 Å². The molecule has 0 aliphatic rings. The zero-order valence-corrected chi connectivity index (χ0v) is 13.2. The molecule has 0 saturated heterocycles. The Balaban J connectivity index is 2.11. The molecule has 3 heteroatoms. The molecule has 102 valence electrons. The molecule has 0 saturated carbocycles. The van der Waals surface area contributed by atoms with Crippen molar-refractivity contribution in [1.29, 1.82) is 0 Å². The third-order valence-electron chi connectivity index (χ3n) is 3.70. The maximum absolute atomic E-state index is 4.82. The second kappa shape index (κ2) is 5.41. The van der Waals surface area contributed by atoms with Gasteiger partial charge in [-0.05, 0) is 36.6 Å². The second-order valence-corrected chi connectivity index (χ2v) is 6.03. The summed E-state index contributed by atoms with van der Waals surface area (Å²) < 4.78 is 1.09. The van der Waals surface area contributed by atoms with Crippen molar-refractivity contribution in [2.45, 2.75) is 26.2 Å². The lowest BCUT2D eigenvalue weighted by Crippen LogP contribution is -2.01. The van der Waals surface area contributed by atoms with Crippen LogP contribution in [0.2, 0.25) is 0 Å². The van der Waals surface area contributed by atoms with Crippen LogP contribution in [-0.2, 0) is 0 Å². The summed E-state index contributed by atoms with van der Waals surface area (Å²) in [6.45, 7) is 4.30. The Kier molecular flexibility index (Phi) is 3.62. The molecule has 0 spiro atoms. The van der Waals surface area contributed by atoms with Gasteiger partial charge in [-0.25, -0.2) is 4.98 Å². The standard InChI is InChI=1S/C17H17BrN2/c1-3-14(12-7-5-4-6-8-12)17-19-15-10-13(18)9-11(2)16(15)20-17/h4-10,14H,3H2,1-2H3,(H,19,20). The van der Waals surface area contributed by atoms with Crippen LogP contribution in [0.5, 0.6) is 0 Å². The number of aromatic nitrogens is 2. The molecular formula is C17H17BrN2. The molecule has 1 atom stereocenters. The van der Waals surface area contributed by atoms with Crippen LogP contribution in [0.4, 0.5) is 0 Å². The Morgan fingerprint density at radius 2 is 1.95 bits per heavy atom. The van der Waals surface area contributed by atoms with Gasteiger partial charge in [-0.1, -0.05) is 53.2 Å². The summed E-state index contributed by atoms with van der Waals surface area (Å²) >= 11 is 3.54. The lowest BCUT2D eigenvalue weighted by Gasteiger charge is -2.12. The van der Waals surface area contributed by atoms with Crippen molar-refractivity contribution in [1.82, 2.24) is 9.97 Å². The van der Waals surface area contributed by atoms with Gasteiger partial charge in [0.25, 0.3) is 0 Å². The maximum atomic E-state index is 4.82. The molecule has 0 amide bonds. The van der Waals surface area contributed by atoms with Crippen LogP contribution in [0.3, 0.4) is 0 Å². The third-order valence-corrected chi connectivity index (χ3v) is 4.16. The van der Waals surface area contributed by atoms with Gasteiger partial charge in [0.2, 0.25) is 0 Å². The quantitative estimate of drug-likeness (QED) is 0.705. The molecule has 0 bridgehead atoms. The monoisotopic (exact) mass is 328 g/mol. The molecular weight excluding hydrogens is 312 g/mol. The molecule has 1 unspecified atom stereocenters. The van der Waals surface area contributed by atoms with E-state index in [2.05, 4.69) is 77.2 Å². The first-order valence-electron chi connectivity index (χ1n) is 6.89. The number of imidazole rings is 1. The maximum Gasteiger partial charge on any atom is 0.114 e. The highest BCUT2D eigenvalue weighted by molar-refractivity contribution is 9.10. The fraction of sp³-hybridized carbons (Fsp3) is 0.235. The third kappa shape index (κ3) is 2.38. The minimum atomic E-state index is 0.321. The first kappa shape index (κ1) is 13.4. The summed E-state index contributed by atoms with van der Waals surface area (Å²) in [6, 6.07) is 14.8. The number of hydrogen-bond acceptors (Lipinski definition) is 1. The van der Waals surface area contributed by atoms with Crippen molar-refractivity contribution < 1.29 is 0 Å². The molecule has 1 aromatic heterocycles. The van der Waals surface area contributed by atoms with Gasteiger partial charge in [0, 0.05) is 10.4 Å². The lowest BCUT2D eigenvalue weighted by atomic mass is 9.96. The molecule has 3 rings (SSSR count). The highest BCUT2D eigenvalue weighted by Crippen LogP contribution is 2.29. The molecule has 0 aliphatic carbocycles. The first-order valence-corrected chi connectivity index (χ1v) is 7.69. The Bertz CT molecular complexity index is 731. The number of fused-ring (bicyclic) bond motifs is 1. The molecule has 20 heavy (non-hydrogen) atoms. The molecule has 0 fully saturated rings. The Hall–Kier alpha value is -1.61. The van der Waals surface area contributed by atoms with E-state index >= 15 is 0 Å². The Labute approximate surface area is 127 Å².